The SMILES string of the molecule is COc1ccc([C@@H]2C[C@@H](O[Si](C)(C)C(C)(C)C)C[C@H]3CCCCN32)cc1OC. The number of methoxy groups -OCH3 is 2. The van der Waals surface area contributed by atoms with Gasteiger partial charge in [0.05, 0.1) is 14.2 Å². The van der Waals surface area contributed by atoms with Crippen molar-refractivity contribution in [1.29, 1.82) is 0 Å². The third-order valence-electron chi connectivity index (χ3n) is 7.15. The Morgan fingerprint density at radius 3 is 2.36 bits per heavy atom. The molecule has 2 aliphatic rings. The zero-order valence-corrected chi connectivity index (χ0v) is 19.9. The van der Waals surface area contributed by atoms with E-state index in [9.17, 15) is 0 Å². The molecule has 0 amide bonds. The van der Waals surface area contributed by atoms with Crippen LogP contribution in [0.25, 0.3) is 0 Å². The molecule has 2 aliphatic heterocycles. The highest BCUT2D eigenvalue weighted by atomic mass is 28.4. The molecule has 1 aromatic rings. The van der Waals surface area contributed by atoms with E-state index in [0.717, 1.165) is 17.9 Å². The van der Waals surface area contributed by atoms with E-state index in [1.54, 1.807) is 14.2 Å². The number of rotatable bonds is 5. The average Bonchev–Trinajstić information content (AvgIpc) is 2.65. The van der Waals surface area contributed by atoms with Crippen molar-refractivity contribution in [3.63, 3.8) is 0 Å². The molecule has 158 valence electrons. The number of fused-ring (bicyclic) bond motifs is 1. The minimum Gasteiger partial charge on any atom is -0.493 e. The molecule has 4 nitrogen and oxygen atoms in total. The summed E-state index contributed by atoms with van der Waals surface area (Å²) in [6, 6.07) is 7.46. The summed E-state index contributed by atoms with van der Waals surface area (Å²) in [5.74, 6) is 1.62. The van der Waals surface area contributed by atoms with Gasteiger partial charge in [-0.2, -0.15) is 0 Å². The molecular formula is C23H39NO3Si. The predicted octanol–water partition coefficient (Wildman–Crippen LogP) is 5.78. The van der Waals surface area contributed by atoms with E-state index in [0.29, 0.717) is 18.2 Å². The van der Waals surface area contributed by atoms with Crippen molar-refractivity contribution in [2.45, 2.75) is 89.2 Å². The molecule has 0 N–H and O–H groups in total. The maximum Gasteiger partial charge on any atom is 0.192 e. The van der Waals surface area contributed by atoms with Crippen LogP contribution in [-0.2, 0) is 4.43 Å². The van der Waals surface area contributed by atoms with E-state index in [-0.39, 0.29) is 5.04 Å². The monoisotopic (exact) mass is 405 g/mol. The van der Waals surface area contributed by atoms with Crippen LogP contribution in [0.2, 0.25) is 18.1 Å². The second-order valence-electron chi connectivity index (χ2n) is 9.99. The lowest BCUT2D eigenvalue weighted by atomic mass is 9.84. The smallest absolute Gasteiger partial charge is 0.192 e. The van der Waals surface area contributed by atoms with Gasteiger partial charge in [0.15, 0.2) is 19.8 Å². The Hall–Kier alpha value is -1.04. The van der Waals surface area contributed by atoms with Crippen LogP contribution in [0.5, 0.6) is 11.5 Å². The van der Waals surface area contributed by atoms with Crippen LogP contribution >= 0.6 is 0 Å². The molecular weight excluding hydrogens is 366 g/mol. The Bertz CT molecular complexity index is 670. The molecule has 5 heteroatoms. The number of piperidine rings is 2. The first-order valence-electron chi connectivity index (χ1n) is 10.8. The summed E-state index contributed by atoms with van der Waals surface area (Å²) in [5, 5.41) is 0.246. The highest BCUT2D eigenvalue weighted by molar-refractivity contribution is 6.74. The van der Waals surface area contributed by atoms with Gasteiger partial charge in [-0.15, -0.1) is 0 Å². The van der Waals surface area contributed by atoms with Crippen LogP contribution in [0, 0.1) is 0 Å². The molecule has 0 aromatic heterocycles. The fourth-order valence-electron chi connectivity index (χ4n) is 4.55. The number of ether oxygens (including phenoxy) is 2. The summed E-state index contributed by atoms with van der Waals surface area (Å²) in [6.07, 6.45) is 6.52. The Morgan fingerprint density at radius 2 is 1.71 bits per heavy atom. The van der Waals surface area contributed by atoms with Gasteiger partial charge in [0.25, 0.3) is 0 Å². The molecule has 0 radical (unpaired) electrons. The van der Waals surface area contributed by atoms with Gasteiger partial charge in [-0.3, -0.25) is 4.90 Å². The molecule has 0 unspecified atom stereocenters. The van der Waals surface area contributed by atoms with Crippen molar-refractivity contribution < 1.29 is 13.9 Å². The lowest BCUT2D eigenvalue weighted by Gasteiger charge is -2.50. The van der Waals surface area contributed by atoms with Gasteiger partial charge in [0, 0.05) is 18.2 Å². The molecule has 3 atom stereocenters. The number of nitrogens with zero attached hydrogens (tertiary/aromatic N) is 1. The normalized spacial score (nSPS) is 26.6. The summed E-state index contributed by atoms with van der Waals surface area (Å²) >= 11 is 0. The summed E-state index contributed by atoms with van der Waals surface area (Å²) in [4.78, 5) is 2.73. The van der Waals surface area contributed by atoms with Crippen LogP contribution in [0.3, 0.4) is 0 Å². The average molecular weight is 406 g/mol. The summed E-state index contributed by atoms with van der Waals surface area (Å²) in [6.45, 7) is 13.0. The van der Waals surface area contributed by atoms with E-state index >= 15 is 0 Å². The minimum atomic E-state index is -1.78. The zero-order chi connectivity index (χ0) is 20.5. The van der Waals surface area contributed by atoms with Crippen molar-refractivity contribution >= 4 is 8.32 Å². The van der Waals surface area contributed by atoms with Crippen LogP contribution < -0.4 is 9.47 Å². The largest absolute Gasteiger partial charge is 0.493 e. The van der Waals surface area contributed by atoms with Crippen LogP contribution in [0.15, 0.2) is 18.2 Å². The van der Waals surface area contributed by atoms with Crippen molar-refractivity contribution in [2.75, 3.05) is 20.8 Å². The summed E-state index contributed by atoms with van der Waals surface area (Å²) < 4.78 is 17.9. The number of benzene rings is 1. The second kappa shape index (κ2) is 8.37. The highest BCUT2D eigenvalue weighted by Gasteiger charge is 2.44. The highest BCUT2D eigenvalue weighted by Crippen LogP contribution is 2.45. The third-order valence-corrected chi connectivity index (χ3v) is 11.7. The quantitative estimate of drug-likeness (QED) is 0.581. The summed E-state index contributed by atoms with van der Waals surface area (Å²) in [5.41, 5.74) is 1.33. The lowest BCUT2D eigenvalue weighted by molar-refractivity contribution is -0.0129. The first kappa shape index (κ1) is 21.7. The Morgan fingerprint density at radius 1 is 1.00 bits per heavy atom. The maximum absolute atomic E-state index is 6.90. The molecule has 2 heterocycles. The van der Waals surface area contributed by atoms with E-state index in [1.807, 2.05) is 6.07 Å². The molecule has 2 fully saturated rings. The lowest BCUT2D eigenvalue weighted by Crippen LogP contribution is -2.52. The van der Waals surface area contributed by atoms with Crippen molar-refractivity contribution in [3.05, 3.63) is 23.8 Å². The topological polar surface area (TPSA) is 30.9 Å². The molecule has 28 heavy (non-hydrogen) atoms. The second-order valence-corrected chi connectivity index (χ2v) is 14.7. The van der Waals surface area contributed by atoms with E-state index in [2.05, 4.69) is 50.9 Å². The summed E-state index contributed by atoms with van der Waals surface area (Å²) in [7, 11) is 1.64. The molecule has 0 bridgehead atoms. The van der Waals surface area contributed by atoms with Gasteiger partial charge < -0.3 is 13.9 Å². The van der Waals surface area contributed by atoms with Crippen molar-refractivity contribution in [3.8, 4) is 11.5 Å². The fraction of sp³-hybridized carbons (Fsp3) is 0.739. The fourth-order valence-corrected chi connectivity index (χ4v) is 5.93. The van der Waals surface area contributed by atoms with Gasteiger partial charge >= 0.3 is 0 Å². The maximum atomic E-state index is 6.90. The van der Waals surface area contributed by atoms with Gasteiger partial charge in [0.1, 0.15) is 0 Å². The molecule has 2 saturated heterocycles. The van der Waals surface area contributed by atoms with Gasteiger partial charge in [-0.05, 0) is 68.1 Å². The Labute approximate surface area is 172 Å². The standard InChI is InChI=1S/C23H39NO3Si/c1-23(2,3)28(6,7)27-19-15-18-10-8-9-13-24(18)20(16-19)17-11-12-21(25-4)22(14-17)26-5/h11-12,14,18-20H,8-10,13,15-16H2,1-7H3/t18-,19+,20+/m1/s1. The van der Waals surface area contributed by atoms with Crippen LogP contribution in [-0.4, -0.2) is 46.1 Å². The van der Waals surface area contributed by atoms with Gasteiger partial charge in [-0.1, -0.05) is 33.3 Å². The number of hydrogen-bond acceptors (Lipinski definition) is 4. The minimum absolute atomic E-state index is 0.246. The Balaban J connectivity index is 1.87. The predicted molar refractivity (Wildman–Crippen MR) is 118 cm³/mol. The molecule has 0 spiro atoms. The Kier molecular flexibility index (Phi) is 6.47. The van der Waals surface area contributed by atoms with Crippen molar-refractivity contribution in [1.82, 2.24) is 4.90 Å². The zero-order valence-electron chi connectivity index (χ0n) is 18.9. The van der Waals surface area contributed by atoms with Crippen LogP contribution in [0.4, 0.5) is 0 Å². The molecule has 0 aliphatic carbocycles. The number of hydrogen-bond donors (Lipinski definition) is 0. The van der Waals surface area contributed by atoms with Gasteiger partial charge in [-0.25, -0.2) is 0 Å². The van der Waals surface area contributed by atoms with Gasteiger partial charge in [0.2, 0.25) is 0 Å². The molecule has 1 aromatic carbocycles. The van der Waals surface area contributed by atoms with Crippen molar-refractivity contribution in [2.24, 2.45) is 0 Å². The third kappa shape index (κ3) is 4.42. The van der Waals surface area contributed by atoms with Crippen LogP contribution in [0.1, 0.15) is 64.5 Å². The van der Waals surface area contributed by atoms with E-state index < -0.39 is 8.32 Å². The molecule has 3 rings (SSSR count). The first-order chi connectivity index (χ1) is 13.2. The van der Waals surface area contributed by atoms with E-state index in [1.165, 1.54) is 37.8 Å². The molecule has 0 saturated carbocycles. The first-order valence-corrected chi connectivity index (χ1v) is 13.7. The van der Waals surface area contributed by atoms with E-state index in [4.69, 9.17) is 13.9 Å².